The second kappa shape index (κ2) is 11.3. The minimum Gasteiger partial charge on any atom is -0.458 e. The number of nitrogens with one attached hydrogen (secondary N) is 1. The number of rotatable bonds is 8. The third-order valence-electron chi connectivity index (χ3n) is 10.3. The topological polar surface area (TPSA) is 139 Å². The number of carbonyl (C=O) groups is 4. The van der Waals surface area contributed by atoms with E-state index in [0.29, 0.717) is 25.8 Å². The van der Waals surface area contributed by atoms with Gasteiger partial charge in [-0.25, -0.2) is 4.79 Å². The first-order chi connectivity index (χ1) is 19.0. The zero-order valence-corrected chi connectivity index (χ0v) is 25.3. The fourth-order valence-corrected chi connectivity index (χ4v) is 8.45. The van der Waals surface area contributed by atoms with Crippen molar-refractivity contribution in [2.24, 2.45) is 34.5 Å². The molecule has 0 bridgehead atoms. The predicted octanol–water partition coefficient (Wildman–Crippen LogP) is 4.05. The number of ketones is 2. The summed E-state index contributed by atoms with van der Waals surface area (Å²) < 4.78 is 10.4. The van der Waals surface area contributed by atoms with E-state index in [9.17, 15) is 29.4 Å². The Morgan fingerprint density at radius 1 is 1.17 bits per heavy atom. The number of alkyl carbamates (subject to hydrolysis) is 1. The number of aliphatic hydroxyl groups is 2. The number of fused-ring (bicyclic) bond motifs is 5. The van der Waals surface area contributed by atoms with Gasteiger partial charge in [-0.05, 0) is 89.2 Å². The average molecular weight is 574 g/mol. The highest BCUT2D eigenvalue weighted by molar-refractivity contribution is 6.01. The van der Waals surface area contributed by atoms with Crippen LogP contribution in [0.4, 0.5) is 4.79 Å². The molecule has 0 saturated heterocycles. The summed E-state index contributed by atoms with van der Waals surface area (Å²) in [4.78, 5) is 49.6. The molecule has 4 aliphatic carbocycles. The van der Waals surface area contributed by atoms with Crippen LogP contribution < -0.4 is 5.32 Å². The molecule has 9 heteroatoms. The molecule has 41 heavy (non-hydrogen) atoms. The van der Waals surface area contributed by atoms with Gasteiger partial charge in [0.15, 0.2) is 12.4 Å². The van der Waals surface area contributed by atoms with Crippen LogP contribution >= 0.6 is 0 Å². The standard InChI is InChI=1S/C32H47NO8/c1-19-15-21-22-11-13-32(39,25(36)18-40-26(37)9-7-8-14-33-28(38)41-29(2,3)4)31(22,6)17-24(35)27(21)30(5)12-10-20(34)16-23(19)30/h10,12,16,19,21-22,24,27,35,39H,7-9,11,13-15,17-18H2,1-6H3,(H,33,38)/t19-,21-,22-,24-,27+,30-,31-,32-/m0/s1. The van der Waals surface area contributed by atoms with Crippen molar-refractivity contribution < 1.29 is 38.9 Å². The summed E-state index contributed by atoms with van der Waals surface area (Å²) in [5.41, 5.74) is -2.51. The van der Waals surface area contributed by atoms with Gasteiger partial charge in [-0.3, -0.25) is 14.4 Å². The Hall–Kier alpha value is -2.52. The highest BCUT2D eigenvalue weighted by atomic mass is 16.6. The van der Waals surface area contributed by atoms with Crippen LogP contribution in [-0.4, -0.2) is 64.3 Å². The van der Waals surface area contributed by atoms with Gasteiger partial charge in [0, 0.05) is 29.7 Å². The molecule has 0 heterocycles. The van der Waals surface area contributed by atoms with E-state index in [1.807, 2.05) is 13.0 Å². The van der Waals surface area contributed by atoms with Crippen LogP contribution in [0.5, 0.6) is 0 Å². The predicted molar refractivity (Wildman–Crippen MR) is 152 cm³/mol. The summed E-state index contributed by atoms with van der Waals surface area (Å²) in [6.07, 6.45) is 7.06. The van der Waals surface area contributed by atoms with Gasteiger partial charge < -0.3 is 25.0 Å². The first kappa shape index (κ1) is 31.4. The Kier molecular flexibility index (Phi) is 8.65. The Morgan fingerprint density at radius 2 is 1.88 bits per heavy atom. The van der Waals surface area contributed by atoms with Crippen LogP contribution in [-0.2, 0) is 23.9 Å². The molecule has 4 aliphatic rings. The van der Waals surface area contributed by atoms with Crippen molar-refractivity contribution in [1.82, 2.24) is 5.32 Å². The molecule has 0 unspecified atom stereocenters. The van der Waals surface area contributed by atoms with Gasteiger partial charge >= 0.3 is 12.1 Å². The van der Waals surface area contributed by atoms with E-state index in [-0.39, 0.29) is 48.7 Å². The third kappa shape index (κ3) is 5.89. The quantitative estimate of drug-likeness (QED) is 0.292. The SMILES string of the molecule is C[C@H]1C[C@@H]2[C@H]([C@@H](O)C[C@@]3(C)[C@H]2CC[C@]3(O)C(=O)COC(=O)CCCCNC(=O)OC(C)(C)C)[C@@]2(C)C=CC(=O)C=C12. The van der Waals surface area contributed by atoms with Crippen LogP contribution in [0.3, 0.4) is 0 Å². The summed E-state index contributed by atoms with van der Waals surface area (Å²) in [5, 5.41) is 26.0. The van der Waals surface area contributed by atoms with E-state index in [0.717, 1.165) is 12.0 Å². The van der Waals surface area contributed by atoms with Crippen LogP contribution in [0.15, 0.2) is 23.8 Å². The normalized spacial score (nSPS) is 37.8. The summed E-state index contributed by atoms with van der Waals surface area (Å²) in [6, 6.07) is 0. The number of hydrogen-bond donors (Lipinski definition) is 3. The third-order valence-corrected chi connectivity index (χ3v) is 10.3. The molecule has 0 aliphatic heterocycles. The number of carbonyl (C=O) groups excluding carboxylic acids is 4. The Bertz CT molecular complexity index is 1140. The molecule has 4 rings (SSSR count). The number of hydrogen-bond acceptors (Lipinski definition) is 8. The molecule has 0 aromatic heterocycles. The average Bonchev–Trinajstić information content (AvgIpc) is 3.13. The summed E-state index contributed by atoms with van der Waals surface area (Å²) in [5.74, 6) is -0.934. The molecule has 3 N–H and O–H groups in total. The molecule has 0 aromatic carbocycles. The monoisotopic (exact) mass is 573 g/mol. The van der Waals surface area contributed by atoms with Gasteiger partial charge in [-0.2, -0.15) is 0 Å². The first-order valence-corrected chi connectivity index (χ1v) is 15.0. The molecule has 9 nitrogen and oxygen atoms in total. The van der Waals surface area contributed by atoms with Gasteiger partial charge in [0.05, 0.1) is 6.10 Å². The van der Waals surface area contributed by atoms with E-state index < -0.39 is 52.6 Å². The molecule has 0 radical (unpaired) electrons. The Morgan fingerprint density at radius 3 is 2.56 bits per heavy atom. The Labute approximate surface area is 243 Å². The summed E-state index contributed by atoms with van der Waals surface area (Å²) in [6.45, 7) is 11.3. The van der Waals surface area contributed by atoms with Crippen molar-refractivity contribution in [2.75, 3.05) is 13.2 Å². The zero-order chi connectivity index (χ0) is 30.4. The van der Waals surface area contributed by atoms with Crippen LogP contribution in [0.1, 0.15) is 86.5 Å². The molecule has 0 aromatic rings. The van der Waals surface area contributed by atoms with E-state index in [1.54, 1.807) is 32.9 Å². The van der Waals surface area contributed by atoms with Crippen molar-refractivity contribution in [1.29, 1.82) is 0 Å². The molecule has 8 atom stereocenters. The lowest BCUT2D eigenvalue weighted by Gasteiger charge is -2.60. The number of unbranched alkanes of at least 4 members (excludes halogenated alkanes) is 1. The Balaban J connectivity index is 1.34. The van der Waals surface area contributed by atoms with Gasteiger partial charge in [-0.1, -0.05) is 32.4 Å². The van der Waals surface area contributed by atoms with Gasteiger partial charge in [0.1, 0.15) is 11.2 Å². The van der Waals surface area contributed by atoms with Crippen LogP contribution in [0, 0.1) is 34.5 Å². The van der Waals surface area contributed by atoms with Gasteiger partial charge in [0.25, 0.3) is 0 Å². The van der Waals surface area contributed by atoms with E-state index in [4.69, 9.17) is 9.47 Å². The molecule has 3 saturated carbocycles. The minimum atomic E-state index is -1.69. The molecule has 3 fully saturated rings. The number of amides is 1. The van der Waals surface area contributed by atoms with Gasteiger partial charge in [0.2, 0.25) is 5.78 Å². The van der Waals surface area contributed by atoms with Gasteiger partial charge in [-0.15, -0.1) is 0 Å². The highest BCUT2D eigenvalue weighted by Gasteiger charge is 2.68. The van der Waals surface area contributed by atoms with E-state index in [2.05, 4.69) is 19.2 Å². The lowest BCUT2D eigenvalue weighted by molar-refractivity contribution is -0.182. The molecular formula is C32H47NO8. The van der Waals surface area contributed by atoms with E-state index >= 15 is 0 Å². The van der Waals surface area contributed by atoms with Crippen LogP contribution in [0.2, 0.25) is 0 Å². The van der Waals surface area contributed by atoms with E-state index in [1.165, 1.54) is 0 Å². The fourth-order valence-electron chi connectivity index (χ4n) is 8.45. The van der Waals surface area contributed by atoms with Crippen LogP contribution in [0.25, 0.3) is 0 Å². The first-order valence-electron chi connectivity index (χ1n) is 15.0. The number of Topliss-reactive ketones (excluding diaryl/α,β-unsaturated/α-hetero) is 1. The molecular weight excluding hydrogens is 526 g/mol. The maximum atomic E-state index is 13.4. The largest absolute Gasteiger partial charge is 0.458 e. The smallest absolute Gasteiger partial charge is 0.407 e. The molecule has 1 amide bonds. The number of aliphatic hydroxyl groups excluding tert-OH is 1. The number of esters is 1. The van der Waals surface area contributed by atoms with Crippen molar-refractivity contribution >= 4 is 23.6 Å². The van der Waals surface area contributed by atoms with Crippen molar-refractivity contribution in [3.05, 3.63) is 23.8 Å². The van der Waals surface area contributed by atoms with Crippen molar-refractivity contribution in [2.45, 2.75) is 104 Å². The fraction of sp³-hybridized carbons (Fsp3) is 0.750. The minimum absolute atomic E-state index is 0.0184. The zero-order valence-electron chi connectivity index (χ0n) is 25.3. The molecule has 228 valence electrons. The number of ether oxygens (including phenoxy) is 2. The number of allylic oxidation sites excluding steroid dienone is 4. The lowest BCUT2D eigenvalue weighted by Crippen LogP contribution is -2.62. The second-order valence-corrected chi connectivity index (χ2v) is 14.1. The van der Waals surface area contributed by atoms with Crippen molar-refractivity contribution in [3.8, 4) is 0 Å². The summed E-state index contributed by atoms with van der Waals surface area (Å²) in [7, 11) is 0. The lowest BCUT2D eigenvalue weighted by atomic mass is 9.45. The van der Waals surface area contributed by atoms with Crippen molar-refractivity contribution in [3.63, 3.8) is 0 Å². The maximum Gasteiger partial charge on any atom is 0.407 e. The maximum absolute atomic E-state index is 13.4. The summed E-state index contributed by atoms with van der Waals surface area (Å²) >= 11 is 0. The second-order valence-electron chi connectivity index (χ2n) is 14.1. The molecule has 0 spiro atoms. The highest BCUT2D eigenvalue weighted by Crippen LogP contribution is 2.67.